The molecule has 0 bridgehead atoms. The molecule has 0 radical (unpaired) electrons. The average Bonchev–Trinajstić information content (AvgIpc) is 3.84. The molecule has 1 heterocycles. The second-order valence-corrected chi connectivity index (χ2v) is 14.1. The van der Waals surface area contributed by atoms with Crippen LogP contribution in [0.5, 0.6) is 5.88 Å². The predicted octanol–water partition coefficient (Wildman–Crippen LogP) is 5.45. The Morgan fingerprint density at radius 2 is 1.68 bits per heavy atom. The zero-order valence-corrected chi connectivity index (χ0v) is 30.2. The van der Waals surface area contributed by atoms with Crippen molar-refractivity contribution in [3.05, 3.63) is 23.4 Å². The number of carbonyl (C=O) groups is 3. The van der Waals surface area contributed by atoms with Gasteiger partial charge in [-0.25, -0.2) is 9.78 Å². The fourth-order valence-corrected chi connectivity index (χ4v) is 5.58. The molecule has 1 aliphatic rings. The van der Waals surface area contributed by atoms with Gasteiger partial charge in [0.25, 0.3) is 0 Å². The molecule has 0 spiro atoms. The summed E-state index contributed by atoms with van der Waals surface area (Å²) in [5.41, 5.74) is 2.07. The lowest BCUT2D eigenvalue weighted by molar-refractivity contribution is -0.168. The van der Waals surface area contributed by atoms with E-state index in [0.717, 1.165) is 43.2 Å². The highest BCUT2D eigenvalue weighted by atomic mass is 16.7. The van der Waals surface area contributed by atoms with E-state index in [1.165, 1.54) is 6.92 Å². The van der Waals surface area contributed by atoms with Crippen molar-refractivity contribution >= 4 is 18.0 Å². The Balaban J connectivity index is 2.26. The highest BCUT2D eigenvalue weighted by Crippen LogP contribution is 2.30. The maximum Gasteiger partial charge on any atom is 0.410 e. The SMILES string of the molecule is COCCCCc1cc(C[C@@H](C[C@H](NC(=O)OC(C)OC(=O)C(C)C)[C@@H](O)C[C@H](C(=O)NCC2CC2)C(C)C)C(C)C)cnc1OC. The number of carbonyl (C=O) groups excluding carboxylic acids is 3. The first-order valence-corrected chi connectivity index (χ1v) is 17.4. The Bertz CT molecular complexity index is 1110. The zero-order chi connectivity index (χ0) is 35.1. The number of esters is 1. The van der Waals surface area contributed by atoms with Crippen molar-refractivity contribution in [1.29, 1.82) is 0 Å². The molecule has 11 nitrogen and oxygen atoms in total. The number of nitrogens with one attached hydrogen (secondary N) is 2. The molecule has 1 unspecified atom stereocenters. The number of rotatable bonds is 22. The highest BCUT2D eigenvalue weighted by molar-refractivity contribution is 5.79. The van der Waals surface area contributed by atoms with Crippen LogP contribution in [-0.2, 0) is 36.6 Å². The van der Waals surface area contributed by atoms with E-state index in [1.807, 2.05) is 20.0 Å². The summed E-state index contributed by atoms with van der Waals surface area (Å²) in [6.07, 6.45) is 5.11. The Labute approximate surface area is 282 Å². The fraction of sp³-hybridized carbons (Fsp3) is 0.778. The van der Waals surface area contributed by atoms with Gasteiger partial charge in [0.1, 0.15) is 0 Å². The molecular formula is C36H61N3O8. The second kappa shape index (κ2) is 20.4. The van der Waals surface area contributed by atoms with Crippen LogP contribution in [0.3, 0.4) is 0 Å². The van der Waals surface area contributed by atoms with Gasteiger partial charge in [-0.2, -0.15) is 0 Å². The molecule has 2 rings (SSSR count). The smallest absolute Gasteiger partial charge is 0.410 e. The standard InChI is InChI=1S/C36H61N3O8/c1-22(2)29(17-27-16-28(12-10-11-15-44-8)34(45-9)38-21-27)18-31(39-36(43)47-25(7)46-35(42)24(5)6)32(40)19-30(23(3)4)33(41)37-20-26-13-14-26/h16,21-26,29-32,40H,10-15,17-20H2,1-9H3,(H,37,41)(H,39,43)/t25?,29-,30-,31-,32-/m0/s1. The van der Waals surface area contributed by atoms with Gasteiger partial charge in [0.2, 0.25) is 18.1 Å². The van der Waals surface area contributed by atoms with Gasteiger partial charge in [0.05, 0.1) is 25.2 Å². The first-order valence-electron chi connectivity index (χ1n) is 17.4. The molecule has 1 aromatic rings. The van der Waals surface area contributed by atoms with Gasteiger partial charge in [-0.1, -0.05) is 41.5 Å². The molecular weight excluding hydrogens is 602 g/mol. The topological polar surface area (TPSA) is 145 Å². The molecule has 1 aliphatic carbocycles. The maximum absolute atomic E-state index is 13.2. The number of nitrogens with zero attached hydrogens (tertiary/aromatic N) is 1. The number of aryl methyl sites for hydroxylation is 1. The van der Waals surface area contributed by atoms with Crippen LogP contribution in [0.15, 0.2) is 12.3 Å². The quantitative estimate of drug-likeness (QED) is 0.0837. The van der Waals surface area contributed by atoms with E-state index >= 15 is 0 Å². The van der Waals surface area contributed by atoms with E-state index in [-0.39, 0.29) is 36.0 Å². The molecule has 47 heavy (non-hydrogen) atoms. The molecule has 5 atom stereocenters. The molecule has 3 N–H and O–H groups in total. The Morgan fingerprint density at radius 1 is 0.979 bits per heavy atom. The molecule has 11 heteroatoms. The number of methoxy groups -OCH3 is 2. The summed E-state index contributed by atoms with van der Waals surface area (Å²) in [5.74, 6) is 0.0125. The maximum atomic E-state index is 13.2. The van der Waals surface area contributed by atoms with Gasteiger partial charge >= 0.3 is 12.1 Å². The largest absolute Gasteiger partial charge is 0.481 e. The molecule has 1 aromatic heterocycles. The summed E-state index contributed by atoms with van der Waals surface area (Å²) in [7, 11) is 3.32. The molecule has 1 fully saturated rings. The molecule has 268 valence electrons. The Hall–Kier alpha value is -2.92. The van der Waals surface area contributed by atoms with Gasteiger partial charge in [-0.15, -0.1) is 0 Å². The number of amides is 2. The number of hydrogen-bond donors (Lipinski definition) is 3. The molecule has 0 aliphatic heterocycles. The Kier molecular flexibility index (Phi) is 17.5. The van der Waals surface area contributed by atoms with Crippen molar-refractivity contribution in [3.63, 3.8) is 0 Å². The van der Waals surface area contributed by atoms with Crippen molar-refractivity contribution in [2.75, 3.05) is 27.4 Å². The van der Waals surface area contributed by atoms with Gasteiger partial charge < -0.3 is 34.7 Å². The average molecular weight is 664 g/mol. The number of aromatic nitrogens is 1. The van der Waals surface area contributed by atoms with E-state index in [9.17, 15) is 19.5 Å². The molecule has 0 saturated heterocycles. The number of ether oxygens (including phenoxy) is 4. The van der Waals surface area contributed by atoms with Gasteiger partial charge in [0.15, 0.2) is 0 Å². The van der Waals surface area contributed by atoms with Gasteiger partial charge in [0, 0.05) is 44.9 Å². The Morgan fingerprint density at radius 3 is 2.26 bits per heavy atom. The summed E-state index contributed by atoms with van der Waals surface area (Å²) in [4.78, 5) is 42.8. The van der Waals surface area contributed by atoms with Gasteiger partial charge in [-0.3, -0.25) is 9.59 Å². The van der Waals surface area contributed by atoms with Crippen LogP contribution >= 0.6 is 0 Å². The number of aliphatic hydroxyl groups is 1. The molecule has 0 aromatic carbocycles. The first kappa shape index (κ1) is 40.3. The van der Waals surface area contributed by atoms with Crippen LogP contribution in [0.1, 0.15) is 98.1 Å². The lowest BCUT2D eigenvalue weighted by Gasteiger charge is -2.32. The van der Waals surface area contributed by atoms with Crippen LogP contribution in [0.25, 0.3) is 0 Å². The van der Waals surface area contributed by atoms with E-state index in [0.29, 0.717) is 37.8 Å². The fourth-order valence-electron chi connectivity index (χ4n) is 5.58. The summed E-state index contributed by atoms with van der Waals surface area (Å²) < 4.78 is 21.3. The van der Waals surface area contributed by atoms with Crippen molar-refractivity contribution < 1.29 is 38.4 Å². The van der Waals surface area contributed by atoms with Crippen LogP contribution in [0.2, 0.25) is 0 Å². The van der Waals surface area contributed by atoms with Crippen molar-refractivity contribution in [2.45, 2.75) is 118 Å². The highest BCUT2D eigenvalue weighted by Gasteiger charge is 2.34. The minimum absolute atomic E-state index is 0.0134. The van der Waals surface area contributed by atoms with Gasteiger partial charge in [-0.05, 0) is 86.7 Å². The predicted molar refractivity (Wildman–Crippen MR) is 181 cm³/mol. The third kappa shape index (κ3) is 14.8. The summed E-state index contributed by atoms with van der Waals surface area (Å²) in [6.45, 7) is 14.4. The van der Waals surface area contributed by atoms with Crippen LogP contribution in [-0.4, -0.2) is 73.9 Å². The summed E-state index contributed by atoms with van der Waals surface area (Å²) >= 11 is 0. The lowest BCUT2D eigenvalue weighted by atomic mass is 9.80. The van der Waals surface area contributed by atoms with Crippen molar-refractivity contribution in [3.8, 4) is 5.88 Å². The van der Waals surface area contributed by atoms with E-state index in [1.54, 1.807) is 28.1 Å². The number of unbranched alkanes of at least 4 members (excludes halogenated alkanes) is 1. The summed E-state index contributed by atoms with van der Waals surface area (Å²) in [6, 6.07) is 1.41. The minimum atomic E-state index is -1.10. The van der Waals surface area contributed by atoms with E-state index in [4.69, 9.17) is 18.9 Å². The van der Waals surface area contributed by atoms with Crippen LogP contribution in [0, 0.1) is 35.5 Å². The third-order valence-electron chi connectivity index (χ3n) is 8.91. The lowest BCUT2D eigenvalue weighted by Crippen LogP contribution is -2.48. The van der Waals surface area contributed by atoms with Crippen molar-refractivity contribution in [2.24, 2.45) is 35.5 Å². The zero-order valence-electron chi connectivity index (χ0n) is 30.2. The normalized spacial score (nSPS) is 16.4. The van der Waals surface area contributed by atoms with Crippen LogP contribution < -0.4 is 15.4 Å². The number of hydrogen-bond acceptors (Lipinski definition) is 9. The van der Waals surface area contributed by atoms with E-state index < -0.39 is 36.4 Å². The number of pyridine rings is 1. The van der Waals surface area contributed by atoms with Crippen molar-refractivity contribution in [1.82, 2.24) is 15.6 Å². The number of aliphatic hydroxyl groups excluding tert-OH is 1. The minimum Gasteiger partial charge on any atom is -0.481 e. The third-order valence-corrected chi connectivity index (χ3v) is 8.91. The second-order valence-electron chi connectivity index (χ2n) is 14.1. The first-order chi connectivity index (χ1) is 22.2. The molecule has 1 saturated carbocycles. The number of alkyl carbamates (subject to hydrolysis) is 1. The van der Waals surface area contributed by atoms with Crippen LogP contribution in [0.4, 0.5) is 4.79 Å². The monoisotopic (exact) mass is 663 g/mol. The van der Waals surface area contributed by atoms with E-state index in [2.05, 4.69) is 35.5 Å². The molecule has 2 amide bonds. The summed E-state index contributed by atoms with van der Waals surface area (Å²) in [5, 5.41) is 17.6.